The summed E-state index contributed by atoms with van der Waals surface area (Å²) >= 11 is 6.10. The fraction of sp³-hybridized carbons (Fsp3) is 0.278. The molecule has 0 saturated carbocycles. The molecule has 5 nitrogen and oxygen atoms in total. The molecule has 0 bridgehead atoms. The van der Waals surface area contributed by atoms with Gasteiger partial charge < -0.3 is 9.64 Å². The summed E-state index contributed by atoms with van der Waals surface area (Å²) in [6.45, 7) is 1.27. The number of piperidine rings is 1. The van der Waals surface area contributed by atoms with Gasteiger partial charge in [0.05, 0.1) is 6.54 Å². The second-order valence-corrected chi connectivity index (χ2v) is 5.99. The molecule has 0 N–H and O–H groups in total. The predicted octanol–water partition coefficient (Wildman–Crippen LogP) is 3.21. The molecule has 0 spiro atoms. The number of hydrogen-bond acceptors (Lipinski definition) is 4. The third-order valence-electron chi connectivity index (χ3n) is 3.84. The van der Waals surface area contributed by atoms with Gasteiger partial charge in [0.25, 0.3) is 0 Å². The Morgan fingerprint density at radius 3 is 2.96 bits per heavy atom. The van der Waals surface area contributed by atoms with Crippen LogP contribution in [-0.4, -0.2) is 40.2 Å². The smallest absolute Gasteiger partial charge is 0.246 e. The first kappa shape index (κ1) is 16.5. The van der Waals surface area contributed by atoms with E-state index < -0.39 is 0 Å². The lowest BCUT2D eigenvalue weighted by Crippen LogP contribution is -2.43. The highest BCUT2D eigenvalue weighted by atomic mass is 35.5. The van der Waals surface area contributed by atoms with Crippen molar-refractivity contribution in [2.75, 3.05) is 13.1 Å². The van der Waals surface area contributed by atoms with E-state index in [-0.39, 0.29) is 12.0 Å². The summed E-state index contributed by atoms with van der Waals surface area (Å²) in [6.07, 6.45) is 6.64. The second kappa shape index (κ2) is 7.93. The molecule has 1 unspecified atom stereocenters. The van der Waals surface area contributed by atoms with Crippen LogP contribution < -0.4 is 4.74 Å². The van der Waals surface area contributed by atoms with Crippen molar-refractivity contribution >= 4 is 23.6 Å². The molecule has 6 heteroatoms. The zero-order valence-electron chi connectivity index (χ0n) is 13.1. The summed E-state index contributed by atoms with van der Waals surface area (Å²) in [5, 5.41) is 8.35. The van der Waals surface area contributed by atoms with E-state index in [0.717, 1.165) is 24.9 Å². The number of ether oxygens (including phenoxy) is 1. The molecule has 1 saturated heterocycles. The maximum atomic E-state index is 12.4. The highest BCUT2D eigenvalue weighted by molar-refractivity contribution is 6.32. The molecule has 1 aliphatic heterocycles. The Labute approximate surface area is 145 Å². The predicted molar refractivity (Wildman–Crippen MR) is 92.7 cm³/mol. The number of nitrogens with zero attached hydrogens (tertiary/aromatic N) is 3. The summed E-state index contributed by atoms with van der Waals surface area (Å²) < 4.78 is 5.80. The highest BCUT2D eigenvalue weighted by Gasteiger charge is 2.24. The monoisotopic (exact) mass is 343 g/mol. The summed E-state index contributed by atoms with van der Waals surface area (Å²) in [4.78, 5) is 14.2. The Hall–Kier alpha value is -2.40. The van der Waals surface area contributed by atoms with Gasteiger partial charge in [0.1, 0.15) is 6.10 Å². The van der Waals surface area contributed by atoms with Gasteiger partial charge in [0, 0.05) is 29.9 Å². The summed E-state index contributed by atoms with van der Waals surface area (Å²) in [5.41, 5.74) is 0.830. The van der Waals surface area contributed by atoms with Gasteiger partial charge >= 0.3 is 0 Å². The second-order valence-electron chi connectivity index (χ2n) is 5.58. The van der Waals surface area contributed by atoms with Gasteiger partial charge in [-0.1, -0.05) is 29.8 Å². The minimum atomic E-state index is -0.0619. The van der Waals surface area contributed by atoms with Crippen LogP contribution in [-0.2, 0) is 4.79 Å². The van der Waals surface area contributed by atoms with Gasteiger partial charge in [-0.25, -0.2) is 0 Å². The standard InChI is InChI=1S/C18H18ClN3O2/c19-16-7-2-1-5-14(16)9-10-18(23)22-12-4-6-15(13-22)24-17-8-3-11-20-21-17/h1-3,5,7-11,15H,4,6,12-13H2/b10-9+. The van der Waals surface area contributed by atoms with Crippen molar-refractivity contribution in [2.24, 2.45) is 0 Å². The van der Waals surface area contributed by atoms with Crippen molar-refractivity contribution in [3.05, 3.63) is 59.3 Å². The zero-order chi connectivity index (χ0) is 16.8. The molecule has 24 heavy (non-hydrogen) atoms. The molecule has 0 aliphatic carbocycles. The average Bonchev–Trinajstić information content (AvgIpc) is 2.62. The van der Waals surface area contributed by atoms with E-state index in [1.807, 2.05) is 18.2 Å². The number of carbonyl (C=O) groups excluding carboxylic acids is 1. The van der Waals surface area contributed by atoms with E-state index in [4.69, 9.17) is 16.3 Å². The minimum absolute atomic E-state index is 0.0395. The van der Waals surface area contributed by atoms with Crippen molar-refractivity contribution in [1.82, 2.24) is 15.1 Å². The molecular formula is C18H18ClN3O2. The van der Waals surface area contributed by atoms with E-state index in [0.29, 0.717) is 17.4 Å². The van der Waals surface area contributed by atoms with E-state index in [1.54, 1.807) is 41.4 Å². The Bertz CT molecular complexity index is 721. The van der Waals surface area contributed by atoms with Gasteiger partial charge in [-0.15, -0.1) is 5.10 Å². The number of aromatic nitrogens is 2. The maximum absolute atomic E-state index is 12.4. The number of benzene rings is 1. The number of rotatable bonds is 4. The first-order valence-electron chi connectivity index (χ1n) is 7.88. The lowest BCUT2D eigenvalue weighted by atomic mass is 10.1. The Morgan fingerprint density at radius 1 is 1.29 bits per heavy atom. The van der Waals surface area contributed by atoms with Crippen LogP contribution in [0.4, 0.5) is 0 Å². The van der Waals surface area contributed by atoms with Crippen LogP contribution in [0.2, 0.25) is 5.02 Å². The normalized spacial score (nSPS) is 17.9. The molecule has 1 fully saturated rings. The SMILES string of the molecule is O=C(/C=C/c1ccccc1Cl)N1CCCC(Oc2cccnn2)C1. The largest absolute Gasteiger partial charge is 0.471 e. The van der Waals surface area contributed by atoms with E-state index >= 15 is 0 Å². The zero-order valence-corrected chi connectivity index (χ0v) is 13.9. The topological polar surface area (TPSA) is 55.3 Å². The van der Waals surface area contributed by atoms with Crippen LogP contribution >= 0.6 is 11.6 Å². The van der Waals surface area contributed by atoms with E-state index in [1.165, 1.54) is 0 Å². The lowest BCUT2D eigenvalue weighted by Gasteiger charge is -2.31. The number of halogens is 1. The number of likely N-dealkylation sites (tertiary alicyclic amines) is 1. The summed E-state index contributed by atoms with van der Waals surface area (Å²) in [7, 11) is 0. The lowest BCUT2D eigenvalue weighted by molar-refractivity contribution is -0.128. The van der Waals surface area contributed by atoms with E-state index in [2.05, 4.69) is 10.2 Å². The number of carbonyl (C=O) groups is 1. The van der Waals surface area contributed by atoms with Gasteiger partial charge in [-0.05, 0) is 36.6 Å². The molecule has 2 aromatic rings. The highest BCUT2D eigenvalue weighted by Crippen LogP contribution is 2.18. The van der Waals surface area contributed by atoms with Crippen molar-refractivity contribution in [3.8, 4) is 5.88 Å². The van der Waals surface area contributed by atoms with Gasteiger partial charge in [0.2, 0.25) is 11.8 Å². The van der Waals surface area contributed by atoms with Crippen LogP contribution in [0.5, 0.6) is 5.88 Å². The first-order chi connectivity index (χ1) is 11.7. The Balaban J connectivity index is 1.60. The van der Waals surface area contributed by atoms with Crippen LogP contribution in [0.1, 0.15) is 18.4 Å². The molecule has 124 valence electrons. The van der Waals surface area contributed by atoms with Gasteiger partial charge in [-0.2, -0.15) is 5.10 Å². The summed E-state index contributed by atoms with van der Waals surface area (Å²) in [5.74, 6) is 0.450. The van der Waals surface area contributed by atoms with Crippen LogP contribution in [0.25, 0.3) is 6.08 Å². The van der Waals surface area contributed by atoms with Crippen molar-refractivity contribution in [1.29, 1.82) is 0 Å². The molecule has 2 heterocycles. The summed E-state index contributed by atoms with van der Waals surface area (Å²) in [6, 6.07) is 11.0. The molecule has 1 amide bonds. The van der Waals surface area contributed by atoms with Gasteiger partial charge in [-0.3, -0.25) is 4.79 Å². The maximum Gasteiger partial charge on any atom is 0.246 e. The molecular weight excluding hydrogens is 326 g/mol. The van der Waals surface area contributed by atoms with Crippen molar-refractivity contribution in [2.45, 2.75) is 18.9 Å². The van der Waals surface area contributed by atoms with Crippen LogP contribution in [0, 0.1) is 0 Å². The van der Waals surface area contributed by atoms with Crippen LogP contribution in [0.15, 0.2) is 48.7 Å². The van der Waals surface area contributed by atoms with Crippen molar-refractivity contribution < 1.29 is 9.53 Å². The number of amides is 1. The number of hydrogen-bond donors (Lipinski definition) is 0. The quantitative estimate of drug-likeness (QED) is 0.800. The average molecular weight is 344 g/mol. The van der Waals surface area contributed by atoms with Gasteiger partial charge in [0.15, 0.2) is 0 Å². The Morgan fingerprint density at radius 2 is 2.17 bits per heavy atom. The minimum Gasteiger partial charge on any atom is -0.471 e. The molecule has 1 aromatic carbocycles. The first-order valence-corrected chi connectivity index (χ1v) is 8.26. The molecule has 0 radical (unpaired) electrons. The third kappa shape index (κ3) is 4.32. The molecule has 1 aromatic heterocycles. The fourth-order valence-electron chi connectivity index (χ4n) is 2.63. The Kier molecular flexibility index (Phi) is 5.43. The molecule has 3 rings (SSSR count). The molecule has 1 atom stereocenters. The molecule has 1 aliphatic rings. The van der Waals surface area contributed by atoms with Crippen molar-refractivity contribution in [3.63, 3.8) is 0 Å². The van der Waals surface area contributed by atoms with Crippen LogP contribution in [0.3, 0.4) is 0 Å². The van der Waals surface area contributed by atoms with E-state index in [9.17, 15) is 4.79 Å². The fourth-order valence-corrected chi connectivity index (χ4v) is 2.83. The third-order valence-corrected chi connectivity index (χ3v) is 4.18.